The van der Waals surface area contributed by atoms with Crippen molar-refractivity contribution in [1.82, 2.24) is 5.32 Å². The van der Waals surface area contributed by atoms with Crippen molar-refractivity contribution in [3.05, 3.63) is 34.9 Å². The minimum absolute atomic E-state index is 0.114. The summed E-state index contributed by atoms with van der Waals surface area (Å²) in [5.74, 6) is 0.517. The summed E-state index contributed by atoms with van der Waals surface area (Å²) in [6.45, 7) is 0.564. The second-order valence-corrected chi connectivity index (χ2v) is 3.37. The van der Waals surface area contributed by atoms with E-state index >= 15 is 0 Å². The van der Waals surface area contributed by atoms with Crippen LogP contribution >= 0.6 is 24.2 Å². The van der Waals surface area contributed by atoms with Crippen LogP contribution in [0.1, 0.15) is 10.4 Å². The molecule has 0 saturated carbocycles. The predicted octanol–water partition coefficient (Wildman–Crippen LogP) is 2.00. The number of hydrogen-bond donors (Lipinski definition) is 2. The molecule has 0 heterocycles. The molecule has 0 aliphatic carbocycles. The van der Waals surface area contributed by atoms with Gasteiger partial charge in [-0.05, 0) is 18.2 Å². The molecule has 1 aromatic rings. The highest BCUT2D eigenvalue weighted by molar-refractivity contribution is 7.80. The number of benzene rings is 1. The maximum Gasteiger partial charge on any atom is 0.251 e. The monoisotopic (exact) mass is 215 g/mol. The average molecular weight is 216 g/mol. The molecule has 0 atom stereocenters. The quantitative estimate of drug-likeness (QED) is 0.743. The van der Waals surface area contributed by atoms with Gasteiger partial charge in [-0.3, -0.25) is 4.79 Å². The van der Waals surface area contributed by atoms with E-state index in [1.807, 2.05) is 0 Å². The van der Waals surface area contributed by atoms with Crippen LogP contribution in [0.4, 0.5) is 0 Å². The average Bonchev–Trinajstić information content (AvgIpc) is 2.14. The Hall–Kier alpha value is -0.670. The van der Waals surface area contributed by atoms with Gasteiger partial charge in [0.25, 0.3) is 5.91 Å². The van der Waals surface area contributed by atoms with E-state index < -0.39 is 0 Å². The highest BCUT2D eigenvalue weighted by Gasteiger charge is 2.03. The summed E-state index contributed by atoms with van der Waals surface area (Å²) in [6, 6.07) is 6.84. The van der Waals surface area contributed by atoms with Gasteiger partial charge in [0.2, 0.25) is 0 Å². The van der Waals surface area contributed by atoms with Gasteiger partial charge >= 0.3 is 0 Å². The Morgan fingerprint density at radius 2 is 2.31 bits per heavy atom. The maximum atomic E-state index is 11.4. The lowest BCUT2D eigenvalue weighted by Crippen LogP contribution is -2.25. The minimum Gasteiger partial charge on any atom is -0.351 e. The fourth-order valence-electron chi connectivity index (χ4n) is 0.901. The maximum absolute atomic E-state index is 11.4. The van der Waals surface area contributed by atoms with E-state index in [2.05, 4.69) is 17.9 Å². The number of carbonyl (C=O) groups is 1. The van der Waals surface area contributed by atoms with Gasteiger partial charge in [0.15, 0.2) is 0 Å². The molecule has 1 amide bonds. The molecule has 0 spiro atoms. The van der Waals surface area contributed by atoms with Crippen molar-refractivity contribution in [3.8, 4) is 0 Å². The Kier molecular flexibility index (Phi) is 4.12. The summed E-state index contributed by atoms with van der Waals surface area (Å²) in [5.41, 5.74) is 0.578. The van der Waals surface area contributed by atoms with Crippen LogP contribution in [0.5, 0.6) is 0 Å². The smallest absolute Gasteiger partial charge is 0.251 e. The highest BCUT2D eigenvalue weighted by atomic mass is 35.5. The third-order valence-electron chi connectivity index (χ3n) is 1.48. The normalized spacial score (nSPS) is 9.69. The summed E-state index contributed by atoms with van der Waals surface area (Å²) in [5, 5.41) is 3.27. The minimum atomic E-state index is -0.114. The molecule has 13 heavy (non-hydrogen) atoms. The Labute approximate surface area is 87.7 Å². The molecule has 0 unspecified atom stereocenters. The van der Waals surface area contributed by atoms with Crippen LogP contribution in [-0.2, 0) is 0 Å². The Morgan fingerprint density at radius 1 is 1.54 bits per heavy atom. The van der Waals surface area contributed by atoms with Crippen molar-refractivity contribution in [2.24, 2.45) is 0 Å². The second kappa shape index (κ2) is 5.14. The molecule has 0 aromatic heterocycles. The summed E-state index contributed by atoms with van der Waals surface area (Å²) in [4.78, 5) is 11.4. The SMILES string of the molecule is O=C(NCCS)c1cccc(Cl)c1. The fraction of sp³-hybridized carbons (Fsp3) is 0.222. The van der Waals surface area contributed by atoms with E-state index in [0.717, 1.165) is 0 Å². The molecule has 70 valence electrons. The highest BCUT2D eigenvalue weighted by Crippen LogP contribution is 2.10. The molecule has 1 aromatic carbocycles. The summed E-state index contributed by atoms with van der Waals surface area (Å²) in [6.07, 6.45) is 0. The van der Waals surface area contributed by atoms with Crippen LogP contribution in [0.2, 0.25) is 5.02 Å². The summed E-state index contributed by atoms with van der Waals surface area (Å²) >= 11 is 9.72. The van der Waals surface area contributed by atoms with Gasteiger partial charge in [0.05, 0.1) is 0 Å². The van der Waals surface area contributed by atoms with Crippen molar-refractivity contribution in [3.63, 3.8) is 0 Å². The first kappa shape index (κ1) is 10.4. The van der Waals surface area contributed by atoms with Gasteiger partial charge < -0.3 is 5.32 Å². The molecule has 0 aliphatic heterocycles. The Balaban J connectivity index is 2.66. The van der Waals surface area contributed by atoms with E-state index in [1.165, 1.54) is 0 Å². The van der Waals surface area contributed by atoms with Crippen LogP contribution in [0, 0.1) is 0 Å². The first-order chi connectivity index (χ1) is 6.24. The van der Waals surface area contributed by atoms with E-state index in [9.17, 15) is 4.79 Å². The van der Waals surface area contributed by atoms with Crippen LogP contribution in [-0.4, -0.2) is 18.2 Å². The molecule has 1 rings (SSSR count). The van der Waals surface area contributed by atoms with E-state index in [1.54, 1.807) is 24.3 Å². The third kappa shape index (κ3) is 3.28. The molecule has 0 bridgehead atoms. The molecule has 4 heteroatoms. The van der Waals surface area contributed by atoms with Gasteiger partial charge in [-0.1, -0.05) is 17.7 Å². The number of carbonyl (C=O) groups excluding carboxylic acids is 1. The number of rotatable bonds is 3. The Morgan fingerprint density at radius 3 is 2.92 bits per heavy atom. The molecule has 0 fully saturated rings. The fourth-order valence-corrected chi connectivity index (χ4v) is 1.20. The molecule has 1 N–H and O–H groups in total. The zero-order valence-corrected chi connectivity index (χ0v) is 8.61. The number of hydrogen-bond acceptors (Lipinski definition) is 2. The lowest BCUT2D eigenvalue weighted by atomic mass is 10.2. The van der Waals surface area contributed by atoms with Gasteiger partial charge in [-0.2, -0.15) is 12.6 Å². The van der Waals surface area contributed by atoms with Crippen LogP contribution in [0.25, 0.3) is 0 Å². The van der Waals surface area contributed by atoms with Crippen molar-refractivity contribution in [1.29, 1.82) is 0 Å². The summed E-state index contributed by atoms with van der Waals surface area (Å²) in [7, 11) is 0. The largest absolute Gasteiger partial charge is 0.351 e. The van der Waals surface area contributed by atoms with E-state index in [0.29, 0.717) is 22.9 Å². The van der Waals surface area contributed by atoms with Crippen molar-refractivity contribution < 1.29 is 4.79 Å². The topological polar surface area (TPSA) is 29.1 Å². The molecule has 2 nitrogen and oxygen atoms in total. The van der Waals surface area contributed by atoms with Crippen molar-refractivity contribution in [2.45, 2.75) is 0 Å². The zero-order chi connectivity index (χ0) is 9.68. The van der Waals surface area contributed by atoms with Gasteiger partial charge in [0, 0.05) is 22.9 Å². The second-order valence-electron chi connectivity index (χ2n) is 2.49. The molecular weight excluding hydrogens is 206 g/mol. The zero-order valence-electron chi connectivity index (χ0n) is 6.96. The lowest BCUT2D eigenvalue weighted by molar-refractivity contribution is 0.0956. The molecule has 0 aliphatic rings. The first-order valence-corrected chi connectivity index (χ1v) is 4.89. The van der Waals surface area contributed by atoms with Crippen molar-refractivity contribution >= 4 is 30.1 Å². The number of thiol groups is 1. The Bertz CT molecular complexity index is 303. The molecular formula is C9H10ClNOS. The third-order valence-corrected chi connectivity index (χ3v) is 1.94. The number of amides is 1. The van der Waals surface area contributed by atoms with E-state index in [-0.39, 0.29) is 5.91 Å². The first-order valence-electron chi connectivity index (χ1n) is 3.88. The van der Waals surface area contributed by atoms with Crippen molar-refractivity contribution in [2.75, 3.05) is 12.3 Å². The summed E-state index contributed by atoms with van der Waals surface area (Å²) < 4.78 is 0. The van der Waals surface area contributed by atoms with Crippen LogP contribution in [0.15, 0.2) is 24.3 Å². The standard InChI is InChI=1S/C9H10ClNOS/c10-8-3-1-2-7(6-8)9(12)11-4-5-13/h1-3,6,13H,4-5H2,(H,11,12). The predicted molar refractivity (Wildman–Crippen MR) is 57.6 cm³/mol. The van der Waals surface area contributed by atoms with Gasteiger partial charge in [0.1, 0.15) is 0 Å². The number of halogens is 1. The van der Waals surface area contributed by atoms with Crippen LogP contribution < -0.4 is 5.32 Å². The number of nitrogens with one attached hydrogen (secondary N) is 1. The van der Waals surface area contributed by atoms with Gasteiger partial charge in [-0.25, -0.2) is 0 Å². The lowest BCUT2D eigenvalue weighted by Gasteiger charge is -2.02. The molecule has 0 saturated heterocycles. The van der Waals surface area contributed by atoms with Gasteiger partial charge in [-0.15, -0.1) is 0 Å². The van der Waals surface area contributed by atoms with Crippen LogP contribution in [0.3, 0.4) is 0 Å². The molecule has 0 radical (unpaired) electrons. The van der Waals surface area contributed by atoms with E-state index in [4.69, 9.17) is 11.6 Å².